The molecule has 0 aliphatic carbocycles. The van der Waals surface area contributed by atoms with Gasteiger partial charge in [-0.25, -0.2) is 0 Å². The summed E-state index contributed by atoms with van der Waals surface area (Å²) in [6.45, 7) is 3.44. The molecular weight excluding hydrogens is 235 g/mol. The number of aldehydes is 1. The fourth-order valence-electron chi connectivity index (χ4n) is 1.80. The van der Waals surface area contributed by atoms with Crippen LogP contribution in [0, 0.1) is 6.92 Å². The second-order valence-electron chi connectivity index (χ2n) is 3.72. The summed E-state index contributed by atoms with van der Waals surface area (Å²) >= 11 is 0. The predicted molar refractivity (Wildman–Crippen MR) is 66.7 cm³/mol. The van der Waals surface area contributed by atoms with Crippen molar-refractivity contribution in [2.75, 3.05) is 6.66 Å². The van der Waals surface area contributed by atoms with Crippen molar-refractivity contribution in [3.05, 3.63) is 42.0 Å². The summed E-state index contributed by atoms with van der Waals surface area (Å²) in [6.07, 6.45) is 5.89. The summed E-state index contributed by atoms with van der Waals surface area (Å²) in [5.41, 5.74) is 3.20. The normalized spacial score (nSPS) is 11.3. The first-order chi connectivity index (χ1) is 8.15. The molecule has 2 aromatic heterocycles. The van der Waals surface area contributed by atoms with Crippen molar-refractivity contribution in [3.63, 3.8) is 0 Å². The van der Waals surface area contributed by atoms with Crippen molar-refractivity contribution in [1.82, 2.24) is 9.32 Å². The van der Waals surface area contributed by atoms with Crippen molar-refractivity contribution in [3.8, 4) is 11.1 Å². The molecule has 5 heteroatoms. The van der Waals surface area contributed by atoms with E-state index in [2.05, 4.69) is 4.98 Å². The van der Waals surface area contributed by atoms with Gasteiger partial charge in [-0.05, 0) is 34.7 Å². The van der Waals surface area contributed by atoms with Crippen LogP contribution in [0.25, 0.3) is 11.1 Å². The van der Waals surface area contributed by atoms with Gasteiger partial charge in [0.2, 0.25) is 0 Å². The monoisotopic (exact) mass is 247 g/mol. The standard InChI is InChI=1S/C12H12N2O2P/c1-9-11(10-3-5-13-6-4-10)7-14(17(2)16)12(9)8-15/h3-8H,1-2H3/q+1. The van der Waals surface area contributed by atoms with Gasteiger partial charge >= 0.3 is 7.95 Å². The molecule has 1 unspecified atom stereocenters. The van der Waals surface area contributed by atoms with Gasteiger partial charge in [0.25, 0.3) is 0 Å². The average Bonchev–Trinajstić information content (AvgIpc) is 2.67. The fourth-order valence-corrected chi connectivity index (χ4v) is 2.58. The minimum Gasteiger partial charge on any atom is -0.296 e. The zero-order chi connectivity index (χ0) is 12.4. The molecule has 86 valence electrons. The number of carbonyl (C=O) groups excluding carboxylic acids is 1. The molecule has 2 aromatic rings. The Labute approximate surface area is 100 Å². The Kier molecular flexibility index (Phi) is 3.16. The summed E-state index contributed by atoms with van der Waals surface area (Å²) in [6, 6.07) is 3.73. The van der Waals surface area contributed by atoms with Crippen LogP contribution in [0.3, 0.4) is 0 Å². The van der Waals surface area contributed by atoms with E-state index in [1.807, 2.05) is 19.1 Å². The van der Waals surface area contributed by atoms with Crippen molar-refractivity contribution < 1.29 is 9.36 Å². The third-order valence-corrected chi connectivity index (χ3v) is 3.63. The first kappa shape index (κ1) is 11.7. The van der Waals surface area contributed by atoms with Crippen molar-refractivity contribution in [2.24, 2.45) is 0 Å². The van der Waals surface area contributed by atoms with Crippen LogP contribution in [0.1, 0.15) is 16.1 Å². The lowest BCUT2D eigenvalue weighted by molar-refractivity contribution is 0.111. The molecule has 0 spiro atoms. The van der Waals surface area contributed by atoms with E-state index in [9.17, 15) is 9.36 Å². The van der Waals surface area contributed by atoms with Crippen LogP contribution in [0.5, 0.6) is 0 Å². The maximum atomic E-state index is 11.6. The molecule has 17 heavy (non-hydrogen) atoms. The number of hydrogen-bond donors (Lipinski definition) is 0. The second kappa shape index (κ2) is 4.60. The van der Waals surface area contributed by atoms with Gasteiger partial charge in [0.1, 0.15) is 5.69 Å². The minimum absolute atomic E-state index is 0.473. The predicted octanol–water partition coefficient (Wildman–Crippen LogP) is 2.89. The molecule has 0 N–H and O–H groups in total. The van der Waals surface area contributed by atoms with Crippen molar-refractivity contribution in [2.45, 2.75) is 6.92 Å². The van der Waals surface area contributed by atoms with Gasteiger partial charge in [-0.1, -0.05) is 0 Å². The molecule has 0 saturated carbocycles. The van der Waals surface area contributed by atoms with E-state index in [0.29, 0.717) is 5.69 Å². The molecule has 1 atom stereocenters. The van der Waals surface area contributed by atoms with E-state index in [4.69, 9.17) is 0 Å². The van der Waals surface area contributed by atoms with Gasteiger partial charge in [-0.3, -0.25) is 9.78 Å². The highest BCUT2D eigenvalue weighted by molar-refractivity contribution is 7.42. The number of nitrogens with zero attached hydrogens (tertiary/aromatic N) is 2. The lowest BCUT2D eigenvalue weighted by Crippen LogP contribution is -1.91. The zero-order valence-electron chi connectivity index (χ0n) is 9.62. The van der Waals surface area contributed by atoms with Crippen molar-refractivity contribution in [1.29, 1.82) is 0 Å². The fraction of sp³-hybridized carbons (Fsp3) is 0.167. The molecule has 4 nitrogen and oxygen atoms in total. The second-order valence-corrected chi connectivity index (χ2v) is 5.07. The molecular formula is C12H12N2O2P+. The number of aromatic nitrogens is 2. The van der Waals surface area contributed by atoms with Crippen molar-refractivity contribution >= 4 is 14.2 Å². The third kappa shape index (κ3) is 2.04. The van der Waals surface area contributed by atoms with Gasteiger partial charge < -0.3 is 0 Å². The van der Waals surface area contributed by atoms with Crippen LogP contribution < -0.4 is 0 Å². The van der Waals surface area contributed by atoms with E-state index in [1.54, 1.807) is 25.3 Å². The maximum absolute atomic E-state index is 11.6. The number of pyridine rings is 1. The van der Waals surface area contributed by atoms with Gasteiger partial charge in [-0.15, -0.1) is 4.34 Å². The van der Waals surface area contributed by atoms with E-state index in [-0.39, 0.29) is 0 Å². The van der Waals surface area contributed by atoms with Crippen LogP contribution in [0.15, 0.2) is 30.7 Å². The van der Waals surface area contributed by atoms with Gasteiger partial charge in [-0.2, -0.15) is 0 Å². The Morgan fingerprint density at radius 3 is 2.47 bits per heavy atom. The highest BCUT2D eigenvalue weighted by Crippen LogP contribution is 2.32. The largest absolute Gasteiger partial charge is 0.463 e. The molecule has 0 amide bonds. The Balaban J connectivity index is 2.65. The Morgan fingerprint density at radius 1 is 1.35 bits per heavy atom. The Hall–Kier alpha value is -1.80. The number of carbonyl (C=O) groups is 1. The Morgan fingerprint density at radius 2 is 2.00 bits per heavy atom. The summed E-state index contributed by atoms with van der Waals surface area (Å²) in [5, 5.41) is 0. The van der Waals surface area contributed by atoms with E-state index >= 15 is 0 Å². The van der Waals surface area contributed by atoms with Crippen LogP contribution in [0.2, 0.25) is 0 Å². The van der Waals surface area contributed by atoms with Gasteiger partial charge in [0.05, 0.1) is 6.20 Å². The van der Waals surface area contributed by atoms with E-state index in [0.717, 1.165) is 23.0 Å². The topological polar surface area (TPSA) is 52.0 Å². The first-order valence-corrected chi connectivity index (χ1v) is 6.79. The third-order valence-electron chi connectivity index (χ3n) is 2.69. The average molecular weight is 247 g/mol. The number of rotatable bonds is 3. The molecule has 2 rings (SSSR count). The molecule has 0 aliphatic heterocycles. The summed E-state index contributed by atoms with van der Waals surface area (Å²) < 4.78 is 13.1. The molecule has 0 fully saturated rings. The van der Waals surface area contributed by atoms with Crippen LogP contribution in [-0.2, 0) is 4.57 Å². The Bertz CT molecular complexity index is 576. The van der Waals surface area contributed by atoms with Crippen LogP contribution >= 0.6 is 7.95 Å². The lowest BCUT2D eigenvalue weighted by atomic mass is 10.1. The molecule has 0 saturated heterocycles. The van der Waals surface area contributed by atoms with Crippen LogP contribution in [-0.4, -0.2) is 22.3 Å². The molecule has 0 radical (unpaired) electrons. The SMILES string of the molecule is Cc1c(-c2ccncc2)cn([P+](C)=O)c1C=O. The molecule has 0 aliphatic rings. The minimum atomic E-state index is -1.59. The maximum Gasteiger partial charge on any atom is 0.463 e. The van der Waals surface area contributed by atoms with Gasteiger partial charge in [0.15, 0.2) is 13.0 Å². The van der Waals surface area contributed by atoms with Crippen LogP contribution in [0.4, 0.5) is 0 Å². The lowest BCUT2D eigenvalue weighted by Gasteiger charge is -1.97. The smallest absolute Gasteiger partial charge is 0.296 e. The highest BCUT2D eigenvalue weighted by atomic mass is 31.1. The quantitative estimate of drug-likeness (QED) is 0.619. The highest BCUT2D eigenvalue weighted by Gasteiger charge is 2.21. The summed E-state index contributed by atoms with van der Waals surface area (Å²) in [4.78, 5) is 15.0. The first-order valence-electron chi connectivity index (χ1n) is 5.14. The van der Waals surface area contributed by atoms with E-state index < -0.39 is 7.95 Å². The van der Waals surface area contributed by atoms with Gasteiger partial charge in [0, 0.05) is 18.0 Å². The molecule has 0 bridgehead atoms. The molecule has 2 heterocycles. The van der Waals surface area contributed by atoms with E-state index in [1.165, 1.54) is 4.34 Å². The molecule has 0 aromatic carbocycles. The number of hydrogen-bond acceptors (Lipinski definition) is 3. The summed E-state index contributed by atoms with van der Waals surface area (Å²) in [5.74, 6) is 0. The zero-order valence-corrected chi connectivity index (χ0v) is 10.5. The summed E-state index contributed by atoms with van der Waals surface area (Å²) in [7, 11) is -1.59.